The zero-order valence-electron chi connectivity index (χ0n) is 12.2. The Kier molecular flexibility index (Phi) is 5.35. The van der Waals surface area contributed by atoms with Crippen molar-refractivity contribution >= 4 is 5.84 Å². The molecule has 0 atom stereocenters. The van der Waals surface area contributed by atoms with E-state index in [0.717, 1.165) is 25.1 Å². The minimum absolute atomic E-state index is 0.138. The second-order valence-electron chi connectivity index (χ2n) is 5.16. The molecule has 0 spiro atoms. The summed E-state index contributed by atoms with van der Waals surface area (Å²) in [6.07, 6.45) is 1.04. The third-order valence-corrected chi connectivity index (χ3v) is 3.43. The van der Waals surface area contributed by atoms with Crippen molar-refractivity contribution in [1.82, 2.24) is 4.90 Å². The molecule has 2 aromatic rings. The van der Waals surface area contributed by atoms with Crippen LogP contribution >= 0.6 is 0 Å². The van der Waals surface area contributed by atoms with Crippen LogP contribution in [0, 0.1) is 0 Å². The highest BCUT2D eigenvalue weighted by Gasteiger charge is 2.03. The fourth-order valence-electron chi connectivity index (χ4n) is 2.19. The monoisotopic (exact) mass is 283 g/mol. The number of benzene rings is 2. The van der Waals surface area contributed by atoms with Gasteiger partial charge >= 0.3 is 0 Å². The number of rotatable bonds is 6. The van der Waals surface area contributed by atoms with Crippen LogP contribution < -0.4 is 5.73 Å². The van der Waals surface area contributed by atoms with Crippen LogP contribution in [0.4, 0.5) is 0 Å². The van der Waals surface area contributed by atoms with Gasteiger partial charge in [-0.2, -0.15) is 0 Å². The molecule has 3 N–H and O–H groups in total. The van der Waals surface area contributed by atoms with Crippen molar-refractivity contribution in [3.8, 4) is 0 Å². The van der Waals surface area contributed by atoms with Crippen molar-refractivity contribution in [2.24, 2.45) is 10.9 Å². The van der Waals surface area contributed by atoms with Gasteiger partial charge in [0.15, 0.2) is 5.84 Å². The van der Waals surface area contributed by atoms with Gasteiger partial charge in [0.25, 0.3) is 0 Å². The van der Waals surface area contributed by atoms with Gasteiger partial charge in [-0.3, -0.25) is 0 Å². The summed E-state index contributed by atoms with van der Waals surface area (Å²) in [5.74, 6) is 0.138. The zero-order valence-corrected chi connectivity index (χ0v) is 12.2. The van der Waals surface area contributed by atoms with Gasteiger partial charge in [0, 0.05) is 18.7 Å². The van der Waals surface area contributed by atoms with Crippen LogP contribution in [0.1, 0.15) is 16.7 Å². The third kappa shape index (κ3) is 4.61. The van der Waals surface area contributed by atoms with Crippen LogP contribution in [0.3, 0.4) is 0 Å². The van der Waals surface area contributed by atoms with Crippen molar-refractivity contribution < 1.29 is 5.21 Å². The SMILES string of the molecule is CN(CCc1ccccc1)Cc1ccc(C(N)=NO)cc1. The Morgan fingerprint density at radius 2 is 1.71 bits per heavy atom. The molecular weight excluding hydrogens is 262 g/mol. The number of likely N-dealkylation sites (N-methyl/N-ethyl adjacent to an activating group) is 1. The number of amidine groups is 1. The molecule has 4 nitrogen and oxygen atoms in total. The summed E-state index contributed by atoms with van der Waals surface area (Å²) in [7, 11) is 2.11. The number of oxime groups is 1. The molecule has 2 aromatic carbocycles. The summed E-state index contributed by atoms with van der Waals surface area (Å²) in [6.45, 7) is 1.88. The van der Waals surface area contributed by atoms with Crippen LogP contribution in [0.25, 0.3) is 0 Å². The topological polar surface area (TPSA) is 61.8 Å². The lowest BCUT2D eigenvalue weighted by atomic mass is 10.1. The average molecular weight is 283 g/mol. The summed E-state index contributed by atoms with van der Waals surface area (Å²) in [4.78, 5) is 2.28. The van der Waals surface area contributed by atoms with Gasteiger partial charge < -0.3 is 15.8 Å². The van der Waals surface area contributed by atoms with Crippen molar-refractivity contribution in [2.75, 3.05) is 13.6 Å². The molecule has 0 fully saturated rings. The molecule has 0 heterocycles. The molecule has 21 heavy (non-hydrogen) atoms. The highest BCUT2D eigenvalue weighted by Crippen LogP contribution is 2.08. The maximum Gasteiger partial charge on any atom is 0.170 e. The van der Waals surface area contributed by atoms with Crippen molar-refractivity contribution in [3.63, 3.8) is 0 Å². The standard InChI is InChI=1S/C17H21N3O/c1-20(12-11-14-5-3-2-4-6-14)13-15-7-9-16(10-8-15)17(18)19-21/h2-10,21H,11-13H2,1H3,(H2,18,19). The van der Waals surface area contributed by atoms with E-state index >= 15 is 0 Å². The first-order valence-corrected chi connectivity index (χ1v) is 6.98. The lowest BCUT2D eigenvalue weighted by Crippen LogP contribution is -2.21. The molecule has 0 aliphatic rings. The Bertz CT molecular complexity index is 579. The molecule has 0 aromatic heterocycles. The summed E-state index contributed by atoms with van der Waals surface area (Å²) < 4.78 is 0. The predicted octanol–water partition coefficient (Wildman–Crippen LogP) is 2.46. The fraction of sp³-hybridized carbons (Fsp3) is 0.235. The molecule has 0 radical (unpaired) electrons. The Labute approximate surface area is 125 Å². The van der Waals surface area contributed by atoms with Crippen LogP contribution in [0.15, 0.2) is 59.8 Å². The second kappa shape index (κ2) is 7.45. The Balaban J connectivity index is 1.86. The quantitative estimate of drug-likeness (QED) is 0.370. The van der Waals surface area contributed by atoms with Crippen molar-refractivity contribution in [2.45, 2.75) is 13.0 Å². The highest BCUT2D eigenvalue weighted by molar-refractivity contribution is 5.96. The minimum Gasteiger partial charge on any atom is -0.409 e. The van der Waals surface area contributed by atoms with E-state index in [1.165, 1.54) is 11.1 Å². The number of hydrogen-bond donors (Lipinski definition) is 2. The lowest BCUT2D eigenvalue weighted by Gasteiger charge is -2.17. The number of nitrogens with two attached hydrogens (primary N) is 1. The van der Waals surface area contributed by atoms with E-state index in [4.69, 9.17) is 10.9 Å². The second-order valence-corrected chi connectivity index (χ2v) is 5.16. The highest BCUT2D eigenvalue weighted by atomic mass is 16.4. The fourth-order valence-corrected chi connectivity index (χ4v) is 2.19. The Morgan fingerprint density at radius 1 is 1.05 bits per heavy atom. The van der Waals surface area contributed by atoms with Crippen LogP contribution in [0.5, 0.6) is 0 Å². The normalized spacial score (nSPS) is 11.8. The first kappa shape index (κ1) is 15.1. The van der Waals surface area contributed by atoms with E-state index in [0.29, 0.717) is 0 Å². The molecule has 0 amide bonds. The van der Waals surface area contributed by atoms with Gasteiger partial charge in [-0.15, -0.1) is 0 Å². The van der Waals surface area contributed by atoms with Crippen LogP contribution in [-0.2, 0) is 13.0 Å². The molecule has 110 valence electrons. The van der Waals surface area contributed by atoms with Gasteiger partial charge in [0.05, 0.1) is 0 Å². The predicted molar refractivity (Wildman–Crippen MR) is 85.4 cm³/mol. The van der Waals surface area contributed by atoms with Gasteiger partial charge in [0.2, 0.25) is 0 Å². The van der Waals surface area contributed by atoms with Gasteiger partial charge in [-0.05, 0) is 24.6 Å². The molecule has 0 saturated carbocycles. The van der Waals surface area contributed by atoms with E-state index < -0.39 is 0 Å². The molecule has 2 rings (SSSR count). The first-order valence-electron chi connectivity index (χ1n) is 6.98. The van der Waals surface area contributed by atoms with Crippen LogP contribution in [-0.4, -0.2) is 29.5 Å². The summed E-state index contributed by atoms with van der Waals surface area (Å²) >= 11 is 0. The summed E-state index contributed by atoms with van der Waals surface area (Å²) in [5, 5.41) is 11.6. The van der Waals surface area contributed by atoms with Crippen LogP contribution in [0.2, 0.25) is 0 Å². The largest absolute Gasteiger partial charge is 0.409 e. The molecule has 0 aliphatic heterocycles. The number of nitrogens with zero attached hydrogens (tertiary/aromatic N) is 2. The first-order chi connectivity index (χ1) is 10.2. The molecule has 4 heteroatoms. The minimum atomic E-state index is 0.138. The van der Waals surface area contributed by atoms with E-state index in [9.17, 15) is 0 Å². The molecule has 0 bridgehead atoms. The molecular formula is C17H21N3O. The Hall–Kier alpha value is -2.33. The smallest absolute Gasteiger partial charge is 0.170 e. The number of hydrogen-bond acceptors (Lipinski definition) is 3. The molecule has 0 saturated heterocycles. The van der Waals surface area contributed by atoms with E-state index in [2.05, 4.69) is 41.4 Å². The maximum atomic E-state index is 8.64. The average Bonchev–Trinajstić information content (AvgIpc) is 2.54. The molecule has 0 unspecified atom stereocenters. The Morgan fingerprint density at radius 3 is 2.33 bits per heavy atom. The van der Waals surface area contributed by atoms with Crippen molar-refractivity contribution in [3.05, 3.63) is 71.3 Å². The van der Waals surface area contributed by atoms with E-state index in [-0.39, 0.29) is 5.84 Å². The van der Waals surface area contributed by atoms with Gasteiger partial charge in [0.1, 0.15) is 0 Å². The maximum absolute atomic E-state index is 8.64. The van der Waals surface area contributed by atoms with Gasteiger partial charge in [-0.1, -0.05) is 59.8 Å². The van der Waals surface area contributed by atoms with E-state index in [1.54, 1.807) is 0 Å². The summed E-state index contributed by atoms with van der Waals surface area (Å²) in [6, 6.07) is 18.2. The molecule has 0 aliphatic carbocycles. The summed E-state index contributed by atoms with van der Waals surface area (Å²) in [5.41, 5.74) is 8.84. The lowest BCUT2D eigenvalue weighted by molar-refractivity contribution is 0.318. The zero-order chi connectivity index (χ0) is 15.1. The van der Waals surface area contributed by atoms with Gasteiger partial charge in [-0.25, -0.2) is 0 Å². The third-order valence-electron chi connectivity index (χ3n) is 3.43. The van der Waals surface area contributed by atoms with E-state index in [1.807, 2.05) is 30.3 Å². The van der Waals surface area contributed by atoms with Crippen molar-refractivity contribution in [1.29, 1.82) is 0 Å².